The maximum Gasteiger partial charge on any atom is 0.231 e. The Balaban J connectivity index is 0.00000108. The van der Waals surface area contributed by atoms with Crippen LogP contribution in [0.5, 0.6) is 11.5 Å². The highest BCUT2D eigenvalue weighted by atomic mass is 35.5. The first kappa shape index (κ1) is 11.8. The molecule has 2 heterocycles. The van der Waals surface area contributed by atoms with Crippen molar-refractivity contribution in [2.75, 3.05) is 6.79 Å². The van der Waals surface area contributed by atoms with Gasteiger partial charge in [0.05, 0.1) is 5.69 Å². The molecule has 1 aliphatic heterocycles. The molecule has 2 N–H and O–H groups in total. The SMILES string of the molecule is Cl.NCc1cc(-c2ccc3c(c2)OCO3)on1. The topological polar surface area (TPSA) is 70.5 Å². The molecule has 1 aromatic carbocycles. The number of ether oxygens (including phenoxy) is 2. The highest BCUT2D eigenvalue weighted by molar-refractivity contribution is 5.85. The fourth-order valence-corrected chi connectivity index (χ4v) is 1.59. The Morgan fingerprint density at radius 1 is 1.18 bits per heavy atom. The summed E-state index contributed by atoms with van der Waals surface area (Å²) in [6, 6.07) is 7.43. The second kappa shape index (κ2) is 4.65. The third-order valence-corrected chi connectivity index (χ3v) is 2.43. The van der Waals surface area contributed by atoms with Crippen LogP contribution in [0.25, 0.3) is 11.3 Å². The van der Waals surface area contributed by atoms with Crippen molar-refractivity contribution < 1.29 is 14.0 Å². The van der Waals surface area contributed by atoms with Crippen molar-refractivity contribution in [1.82, 2.24) is 5.16 Å². The average molecular weight is 255 g/mol. The summed E-state index contributed by atoms with van der Waals surface area (Å²) in [6.45, 7) is 0.636. The molecule has 0 unspecified atom stereocenters. The molecule has 90 valence electrons. The molecule has 0 bridgehead atoms. The number of halogens is 1. The van der Waals surface area contributed by atoms with Gasteiger partial charge in [-0.15, -0.1) is 12.4 Å². The van der Waals surface area contributed by atoms with E-state index < -0.39 is 0 Å². The van der Waals surface area contributed by atoms with Crippen LogP contribution in [0.3, 0.4) is 0 Å². The van der Waals surface area contributed by atoms with Gasteiger partial charge in [0.2, 0.25) is 6.79 Å². The molecular weight excluding hydrogens is 244 g/mol. The van der Waals surface area contributed by atoms with Crippen molar-refractivity contribution in [2.24, 2.45) is 5.73 Å². The highest BCUT2D eigenvalue weighted by Crippen LogP contribution is 2.35. The highest BCUT2D eigenvalue weighted by Gasteiger charge is 2.15. The van der Waals surface area contributed by atoms with Crippen molar-refractivity contribution >= 4 is 12.4 Å². The molecular formula is C11H11ClN2O3. The first-order chi connectivity index (χ1) is 7.86. The molecule has 0 amide bonds. The van der Waals surface area contributed by atoms with Crippen molar-refractivity contribution in [3.63, 3.8) is 0 Å². The number of hydrogen-bond donors (Lipinski definition) is 1. The number of fused-ring (bicyclic) bond motifs is 1. The van der Waals surface area contributed by atoms with Gasteiger partial charge in [0.1, 0.15) is 0 Å². The summed E-state index contributed by atoms with van der Waals surface area (Å²) in [4.78, 5) is 0. The minimum absolute atomic E-state index is 0. The number of aromatic nitrogens is 1. The third-order valence-electron chi connectivity index (χ3n) is 2.43. The first-order valence-electron chi connectivity index (χ1n) is 4.92. The summed E-state index contributed by atoms with van der Waals surface area (Å²) in [5.74, 6) is 2.16. The van der Waals surface area contributed by atoms with E-state index in [0.29, 0.717) is 12.3 Å². The van der Waals surface area contributed by atoms with Crippen molar-refractivity contribution in [3.05, 3.63) is 30.0 Å². The number of rotatable bonds is 2. The van der Waals surface area contributed by atoms with E-state index in [0.717, 1.165) is 22.8 Å². The van der Waals surface area contributed by atoms with E-state index in [1.807, 2.05) is 24.3 Å². The Morgan fingerprint density at radius 3 is 2.76 bits per heavy atom. The molecule has 0 atom stereocenters. The molecule has 2 aromatic rings. The average Bonchev–Trinajstić information content (AvgIpc) is 2.96. The summed E-state index contributed by atoms with van der Waals surface area (Å²) in [6.07, 6.45) is 0. The number of nitrogens with zero attached hydrogens (tertiary/aromatic N) is 1. The molecule has 0 aliphatic carbocycles. The van der Waals surface area contributed by atoms with E-state index in [4.69, 9.17) is 19.7 Å². The van der Waals surface area contributed by atoms with Crippen LogP contribution in [0, 0.1) is 0 Å². The van der Waals surface area contributed by atoms with E-state index in [1.165, 1.54) is 0 Å². The van der Waals surface area contributed by atoms with E-state index >= 15 is 0 Å². The Hall–Kier alpha value is -1.72. The molecule has 0 saturated carbocycles. The van der Waals surface area contributed by atoms with Gasteiger partial charge in [-0.05, 0) is 18.2 Å². The van der Waals surface area contributed by atoms with E-state index in [-0.39, 0.29) is 19.2 Å². The van der Waals surface area contributed by atoms with Gasteiger partial charge in [0.25, 0.3) is 0 Å². The van der Waals surface area contributed by atoms with Crippen molar-refractivity contribution in [1.29, 1.82) is 0 Å². The lowest BCUT2D eigenvalue weighted by Crippen LogP contribution is -1.94. The minimum atomic E-state index is 0. The van der Waals surface area contributed by atoms with Crippen LogP contribution in [0.4, 0.5) is 0 Å². The standard InChI is InChI=1S/C11H10N2O3.ClH/c12-5-8-4-10(16-13-8)7-1-2-9-11(3-7)15-6-14-9;/h1-4H,5-6,12H2;1H. The zero-order valence-corrected chi connectivity index (χ0v) is 9.70. The molecule has 0 fully saturated rings. The van der Waals surface area contributed by atoms with Crippen LogP contribution in [0.15, 0.2) is 28.8 Å². The fourth-order valence-electron chi connectivity index (χ4n) is 1.59. The summed E-state index contributed by atoms with van der Waals surface area (Å²) >= 11 is 0. The predicted molar refractivity (Wildman–Crippen MR) is 63.2 cm³/mol. The molecule has 0 saturated heterocycles. The summed E-state index contributed by atoms with van der Waals surface area (Å²) < 4.78 is 15.7. The largest absolute Gasteiger partial charge is 0.454 e. The molecule has 3 rings (SSSR count). The molecule has 1 aromatic heterocycles. The Bertz CT molecular complexity index is 527. The van der Waals surface area contributed by atoms with Crippen LogP contribution < -0.4 is 15.2 Å². The Kier molecular flexibility index (Phi) is 3.21. The van der Waals surface area contributed by atoms with E-state index in [1.54, 1.807) is 0 Å². The lowest BCUT2D eigenvalue weighted by atomic mass is 10.1. The molecule has 6 heteroatoms. The monoisotopic (exact) mass is 254 g/mol. The van der Waals surface area contributed by atoms with Gasteiger partial charge in [-0.2, -0.15) is 0 Å². The maximum absolute atomic E-state index is 5.46. The van der Waals surface area contributed by atoms with Gasteiger partial charge >= 0.3 is 0 Å². The second-order valence-electron chi connectivity index (χ2n) is 3.45. The third kappa shape index (κ3) is 2.07. The Labute approximate surface area is 104 Å². The Morgan fingerprint density at radius 2 is 2.00 bits per heavy atom. The molecule has 0 radical (unpaired) electrons. The van der Waals surface area contributed by atoms with Gasteiger partial charge in [-0.25, -0.2) is 0 Å². The van der Waals surface area contributed by atoms with Crippen LogP contribution in [-0.2, 0) is 6.54 Å². The van der Waals surface area contributed by atoms with Gasteiger partial charge in [-0.1, -0.05) is 5.16 Å². The van der Waals surface area contributed by atoms with Crippen LogP contribution in [0.2, 0.25) is 0 Å². The minimum Gasteiger partial charge on any atom is -0.454 e. The predicted octanol–water partition coefficient (Wildman–Crippen LogP) is 1.95. The molecule has 0 spiro atoms. The summed E-state index contributed by atoms with van der Waals surface area (Å²) in [7, 11) is 0. The fraction of sp³-hybridized carbons (Fsp3) is 0.182. The van der Waals surface area contributed by atoms with E-state index in [9.17, 15) is 0 Å². The molecule has 5 nitrogen and oxygen atoms in total. The van der Waals surface area contributed by atoms with Crippen LogP contribution in [0.1, 0.15) is 5.69 Å². The lowest BCUT2D eigenvalue weighted by molar-refractivity contribution is 0.174. The molecule has 1 aliphatic rings. The molecule has 17 heavy (non-hydrogen) atoms. The van der Waals surface area contributed by atoms with Gasteiger partial charge in [0.15, 0.2) is 17.3 Å². The number of benzene rings is 1. The number of hydrogen-bond acceptors (Lipinski definition) is 5. The van der Waals surface area contributed by atoms with Crippen LogP contribution in [-0.4, -0.2) is 11.9 Å². The number of nitrogens with two attached hydrogens (primary N) is 1. The zero-order chi connectivity index (χ0) is 11.0. The second-order valence-corrected chi connectivity index (χ2v) is 3.45. The van der Waals surface area contributed by atoms with E-state index in [2.05, 4.69) is 5.16 Å². The normalized spacial score (nSPS) is 12.3. The lowest BCUT2D eigenvalue weighted by Gasteiger charge is -1.98. The summed E-state index contributed by atoms with van der Waals surface area (Å²) in [5, 5.41) is 3.83. The van der Waals surface area contributed by atoms with Gasteiger partial charge in [0, 0.05) is 18.2 Å². The van der Waals surface area contributed by atoms with Gasteiger partial charge in [-0.3, -0.25) is 0 Å². The first-order valence-corrected chi connectivity index (χ1v) is 4.92. The van der Waals surface area contributed by atoms with Crippen molar-refractivity contribution in [2.45, 2.75) is 6.54 Å². The zero-order valence-electron chi connectivity index (χ0n) is 8.88. The smallest absolute Gasteiger partial charge is 0.231 e. The quantitative estimate of drug-likeness (QED) is 0.887. The maximum atomic E-state index is 5.46. The summed E-state index contributed by atoms with van der Waals surface area (Å²) in [5.41, 5.74) is 7.09. The van der Waals surface area contributed by atoms with Crippen molar-refractivity contribution in [3.8, 4) is 22.8 Å². The van der Waals surface area contributed by atoms with Crippen LogP contribution >= 0.6 is 12.4 Å². The van der Waals surface area contributed by atoms with Gasteiger partial charge < -0.3 is 19.7 Å².